The van der Waals surface area contributed by atoms with Crippen molar-refractivity contribution in [2.45, 2.75) is 25.4 Å². The smallest absolute Gasteiger partial charge is 0.222 e. The van der Waals surface area contributed by atoms with Crippen molar-refractivity contribution < 1.29 is 9.13 Å². The van der Waals surface area contributed by atoms with Gasteiger partial charge < -0.3 is 21.5 Å². The SMILES string of the molecule is Nc1nc(N)c2c(OC(Cc3ccccc3F)C3CCNCC3)cccc2n1. The van der Waals surface area contributed by atoms with Gasteiger partial charge in [-0.15, -0.1) is 0 Å². The van der Waals surface area contributed by atoms with Crippen LogP contribution in [0.5, 0.6) is 5.75 Å². The number of nitrogens with two attached hydrogens (primary N) is 2. The molecule has 0 aliphatic carbocycles. The first-order valence-corrected chi connectivity index (χ1v) is 9.54. The summed E-state index contributed by atoms with van der Waals surface area (Å²) in [6, 6.07) is 12.4. The predicted molar refractivity (Wildman–Crippen MR) is 108 cm³/mol. The van der Waals surface area contributed by atoms with Crippen molar-refractivity contribution in [3.63, 3.8) is 0 Å². The van der Waals surface area contributed by atoms with Gasteiger partial charge in [0.1, 0.15) is 23.5 Å². The second-order valence-electron chi connectivity index (χ2n) is 7.16. The van der Waals surface area contributed by atoms with E-state index in [1.807, 2.05) is 30.3 Å². The van der Waals surface area contributed by atoms with E-state index in [1.165, 1.54) is 6.07 Å². The summed E-state index contributed by atoms with van der Waals surface area (Å²) in [5.74, 6) is 1.12. The molecule has 2 heterocycles. The van der Waals surface area contributed by atoms with E-state index < -0.39 is 0 Å². The number of halogens is 1. The largest absolute Gasteiger partial charge is 0.489 e. The van der Waals surface area contributed by atoms with E-state index in [4.69, 9.17) is 16.2 Å². The summed E-state index contributed by atoms with van der Waals surface area (Å²) in [5.41, 5.74) is 13.1. The average molecular weight is 381 g/mol. The number of nitrogen functional groups attached to an aromatic ring is 2. The van der Waals surface area contributed by atoms with Gasteiger partial charge in [-0.25, -0.2) is 9.37 Å². The van der Waals surface area contributed by atoms with Crippen LogP contribution in [0.15, 0.2) is 42.5 Å². The Kier molecular flexibility index (Phi) is 5.25. The standard InChI is InChI=1S/C21H24FN5O/c22-15-5-2-1-4-14(15)12-18(13-8-10-25-11-9-13)28-17-7-3-6-16-19(17)20(23)27-21(24)26-16/h1-7,13,18,25H,8-12H2,(H4,23,24,26,27). The van der Waals surface area contributed by atoms with Crippen LogP contribution in [0.2, 0.25) is 0 Å². The second-order valence-corrected chi connectivity index (χ2v) is 7.16. The van der Waals surface area contributed by atoms with Crippen molar-refractivity contribution in [3.8, 4) is 5.75 Å². The Morgan fingerprint density at radius 3 is 2.64 bits per heavy atom. The number of hydrogen-bond donors (Lipinski definition) is 3. The fourth-order valence-corrected chi connectivity index (χ4v) is 3.86. The molecule has 0 radical (unpaired) electrons. The van der Waals surface area contributed by atoms with E-state index in [1.54, 1.807) is 6.07 Å². The second kappa shape index (κ2) is 7.98. The minimum atomic E-state index is -0.210. The van der Waals surface area contributed by atoms with Crippen LogP contribution in [-0.4, -0.2) is 29.2 Å². The van der Waals surface area contributed by atoms with Crippen LogP contribution in [0.25, 0.3) is 10.9 Å². The number of aromatic nitrogens is 2. The van der Waals surface area contributed by atoms with Gasteiger partial charge >= 0.3 is 0 Å². The lowest BCUT2D eigenvalue weighted by Gasteiger charge is -2.31. The molecule has 146 valence electrons. The summed E-state index contributed by atoms with van der Waals surface area (Å²) in [7, 11) is 0. The molecule has 0 bridgehead atoms. The maximum Gasteiger partial charge on any atom is 0.222 e. The molecule has 3 aromatic rings. The molecule has 7 heteroatoms. The highest BCUT2D eigenvalue weighted by atomic mass is 19.1. The highest BCUT2D eigenvalue weighted by Gasteiger charge is 2.27. The summed E-state index contributed by atoms with van der Waals surface area (Å²) < 4.78 is 20.7. The van der Waals surface area contributed by atoms with Crippen molar-refractivity contribution in [3.05, 3.63) is 53.8 Å². The predicted octanol–water partition coefficient (Wildman–Crippen LogP) is 2.92. The molecule has 6 nitrogen and oxygen atoms in total. The number of anilines is 2. The molecule has 1 aromatic heterocycles. The van der Waals surface area contributed by atoms with Crippen LogP contribution >= 0.6 is 0 Å². The molecule has 0 amide bonds. The Balaban J connectivity index is 1.69. The summed E-state index contributed by atoms with van der Waals surface area (Å²) in [5, 5.41) is 4.01. The van der Waals surface area contributed by atoms with Gasteiger partial charge in [0, 0.05) is 6.42 Å². The van der Waals surface area contributed by atoms with Crippen LogP contribution in [0.4, 0.5) is 16.2 Å². The topological polar surface area (TPSA) is 99.1 Å². The lowest BCUT2D eigenvalue weighted by Crippen LogP contribution is -2.38. The fourth-order valence-electron chi connectivity index (χ4n) is 3.86. The molecule has 0 saturated carbocycles. The monoisotopic (exact) mass is 381 g/mol. The first kappa shape index (κ1) is 18.4. The molecule has 28 heavy (non-hydrogen) atoms. The molecule has 2 aromatic carbocycles. The van der Waals surface area contributed by atoms with Crippen LogP contribution in [0, 0.1) is 11.7 Å². The van der Waals surface area contributed by atoms with E-state index in [0.717, 1.165) is 25.9 Å². The number of nitrogens with one attached hydrogen (secondary N) is 1. The fraction of sp³-hybridized carbons (Fsp3) is 0.333. The third-order valence-electron chi connectivity index (χ3n) is 5.30. The Labute approximate surface area is 163 Å². The Morgan fingerprint density at radius 2 is 1.86 bits per heavy atom. The molecule has 4 rings (SSSR count). The van der Waals surface area contributed by atoms with Crippen LogP contribution in [0.3, 0.4) is 0 Å². The molecular weight excluding hydrogens is 357 g/mol. The van der Waals surface area contributed by atoms with Gasteiger partial charge in [-0.05, 0) is 55.6 Å². The van der Waals surface area contributed by atoms with Crippen molar-refractivity contribution in [2.75, 3.05) is 24.6 Å². The highest BCUT2D eigenvalue weighted by Crippen LogP contribution is 2.33. The van der Waals surface area contributed by atoms with Crippen molar-refractivity contribution in [2.24, 2.45) is 5.92 Å². The Morgan fingerprint density at radius 1 is 1.07 bits per heavy atom. The Hall–Kier alpha value is -2.93. The lowest BCUT2D eigenvalue weighted by atomic mass is 9.88. The van der Waals surface area contributed by atoms with E-state index >= 15 is 0 Å². The number of rotatable bonds is 5. The molecule has 1 aliphatic heterocycles. The first-order valence-electron chi connectivity index (χ1n) is 9.54. The number of nitrogens with zero attached hydrogens (tertiary/aromatic N) is 2. The van der Waals surface area contributed by atoms with Crippen molar-refractivity contribution in [1.29, 1.82) is 0 Å². The van der Waals surface area contributed by atoms with Crippen molar-refractivity contribution >= 4 is 22.7 Å². The van der Waals surface area contributed by atoms with Gasteiger partial charge in [-0.1, -0.05) is 24.3 Å². The number of piperidine rings is 1. The van der Waals surface area contributed by atoms with E-state index in [9.17, 15) is 4.39 Å². The van der Waals surface area contributed by atoms with Gasteiger partial charge in [0.15, 0.2) is 0 Å². The van der Waals surface area contributed by atoms with Gasteiger partial charge in [-0.3, -0.25) is 0 Å². The zero-order valence-electron chi connectivity index (χ0n) is 15.6. The van der Waals surface area contributed by atoms with Crippen LogP contribution in [0.1, 0.15) is 18.4 Å². The lowest BCUT2D eigenvalue weighted by molar-refractivity contribution is 0.113. The Bertz CT molecular complexity index is 974. The minimum Gasteiger partial charge on any atom is -0.489 e. The summed E-state index contributed by atoms with van der Waals surface area (Å²) in [4.78, 5) is 8.33. The van der Waals surface area contributed by atoms with Gasteiger partial charge in [-0.2, -0.15) is 4.98 Å². The highest BCUT2D eigenvalue weighted by molar-refractivity contribution is 5.94. The van der Waals surface area contributed by atoms with Gasteiger partial charge in [0.25, 0.3) is 0 Å². The number of fused-ring (bicyclic) bond motifs is 1. The molecule has 1 fully saturated rings. The van der Waals surface area contributed by atoms with E-state index in [2.05, 4.69) is 15.3 Å². The van der Waals surface area contributed by atoms with Gasteiger partial charge in [0.05, 0.1) is 10.9 Å². The van der Waals surface area contributed by atoms with Crippen molar-refractivity contribution in [1.82, 2.24) is 15.3 Å². The summed E-state index contributed by atoms with van der Waals surface area (Å²) >= 11 is 0. The molecule has 5 N–H and O–H groups in total. The molecule has 1 atom stereocenters. The first-order chi connectivity index (χ1) is 13.6. The van der Waals surface area contributed by atoms with E-state index in [-0.39, 0.29) is 23.7 Å². The quantitative estimate of drug-likeness (QED) is 0.628. The molecular formula is C21H24FN5O. The zero-order chi connectivity index (χ0) is 19.5. The summed E-state index contributed by atoms with van der Waals surface area (Å²) in [6.07, 6.45) is 2.26. The van der Waals surface area contributed by atoms with Crippen LogP contribution < -0.4 is 21.5 Å². The van der Waals surface area contributed by atoms with Gasteiger partial charge in [0.2, 0.25) is 5.95 Å². The third-order valence-corrected chi connectivity index (χ3v) is 5.30. The maximum absolute atomic E-state index is 14.3. The van der Waals surface area contributed by atoms with E-state index in [0.29, 0.717) is 34.6 Å². The minimum absolute atomic E-state index is 0.128. The molecule has 0 spiro atoms. The molecule has 1 saturated heterocycles. The maximum atomic E-state index is 14.3. The number of hydrogen-bond acceptors (Lipinski definition) is 6. The molecule has 1 unspecified atom stereocenters. The third kappa shape index (κ3) is 3.84. The van der Waals surface area contributed by atoms with Crippen LogP contribution in [-0.2, 0) is 6.42 Å². The normalized spacial score (nSPS) is 16.2. The zero-order valence-corrected chi connectivity index (χ0v) is 15.6. The number of benzene rings is 2. The summed E-state index contributed by atoms with van der Waals surface area (Å²) in [6.45, 7) is 1.86. The number of ether oxygens (including phenoxy) is 1. The molecule has 1 aliphatic rings. The average Bonchev–Trinajstić information content (AvgIpc) is 2.69.